The van der Waals surface area contributed by atoms with E-state index >= 15 is 0 Å². The van der Waals surface area contributed by atoms with Crippen molar-refractivity contribution >= 4 is 22.9 Å². The molecular formula is C24H30N8O. The van der Waals surface area contributed by atoms with E-state index in [0.29, 0.717) is 18.6 Å². The maximum absolute atomic E-state index is 5.53. The van der Waals surface area contributed by atoms with Gasteiger partial charge in [0.2, 0.25) is 0 Å². The highest BCUT2D eigenvalue weighted by atomic mass is 16.5. The average molecular weight is 447 g/mol. The quantitative estimate of drug-likeness (QED) is 0.632. The third-order valence-corrected chi connectivity index (χ3v) is 7.10. The van der Waals surface area contributed by atoms with Crippen LogP contribution in [0.2, 0.25) is 0 Å². The van der Waals surface area contributed by atoms with Crippen LogP contribution >= 0.6 is 0 Å². The summed E-state index contributed by atoms with van der Waals surface area (Å²) in [6.45, 7) is 6.60. The summed E-state index contributed by atoms with van der Waals surface area (Å²) < 4.78 is 7.42. The first-order valence-electron chi connectivity index (χ1n) is 12.0. The summed E-state index contributed by atoms with van der Waals surface area (Å²) in [5.74, 6) is 1.74. The number of hydrogen-bond acceptors (Lipinski definition) is 8. The van der Waals surface area contributed by atoms with Crippen LogP contribution in [0.15, 0.2) is 30.7 Å². The van der Waals surface area contributed by atoms with Crippen molar-refractivity contribution in [2.45, 2.75) is 44.7 Å². The van der Waals surface area contributed by atoms with Gasteiger partial charge in [-0.15, -0.1) is 0 Å². The van der Waals surface area contributed by atoms with Gasteiger partial charge in [-0.1, -0.05) is 6.08 Å². The summed E-state index contributed by atoms with van der Waals surface area (Å²) >= 11 is 0. The van der Waals surface area contributed by atoms with Crippen LogP contribution in [0, 0.1) is 6.92 Å². The number of fused-ring (bicyclic) bond motifs is 2. The van der Waals surface area contributed by atoms with Crippen LogP contribution in [0.1, 0.15) is 42.6 Å². The largest absolute Gasteiger partial charge is 0.379 e. The number of nitrogens with zero attached hydrogens (tertiary/aromatic N) is 6. The number of aryl methyl sites for hydroxylation is 1. The molecule has 0 atom stereocenters. The molecule has 2 aliphatic heterocycles. The van der Waals surface area contributed by atoms with E-state index in [4.69, 9.17) is 9.84 Å². The molecule has 3 aromatic rings. The summed E-state index contributed by atoms with van der Waals surface area (Å²) in [5.41, 5.74) is 4.83. The van der Waals surface area contributed by atoms with Gasteiger partial charge in [0.05, 0.1) is 36.4 Å². The molecule has 2 N–H and O–H groups in total. The fourth-order valence-corrected chi connectivity index (χ4v) is 5.32. The van der Waals surface area contributed by atoms with E-state index in [0.717, 1.165) is 79.0 Å². The molecule has 1 saturated heterocycles. The molecule has 5 heterocycles. The monoisotopic (exact) mass is 446 g/mol. The van der Waals surface area contributed by atoms with E-state index in [1.165, 1.54) is 12.8 Å². The number of rotatable bonds is 4. The first kappa shape index (κ1) is 20.6. The second-order valence-electron chi connectivity index (χ2n) is 9.13. The molecular weight excluding hydrogens is 416 g/mol. The first-order valence-corrected chi connectivity index (χ1v) is 12.0. The summed E-state index contributed by atoms with van der Waals surface area (Å²) in [6.07, 6.45) is 10.4. The lowest BCUT2D eigenvalue weighted by Crippen LogP contribution is -2.46. The molecule has 9 heteroatoms. The maximum atomic E-state index is 5.53. The summed E-state index contributed by atoms with van der Waals surface area (Å²) in [5, 5.41) is 12.0. The summed E-state index contributed by atoms with van der Waals surface area (Å²) in [6, 6.07) is 5.14. The minimum Gasteiger partial charge on any atom is -0.379 e. The minimum absolute atomic E-state index is 0.413. The number of imidazole rings is 1. The number of hydrogen-bond donors (Lipinski definition) is 2. The van der Waals surface area contributed by atoms with E-state index < -0.39 is 0 Å². The lowest BCUT2D eigenvalue weighted by atomic mass is 9.89. The van der Waals surface area contributed by atoms with Crippen molar-refractivity contribution in [2.24, 2.45) is 0 Å². The predicted octanol–water partition coefficient (Wildman–Crippen LogP) is 2.74. The molecule has 9 nitrogen and oxygen atoms in total. The van der Waals surface area contributed by atoms with Gasteiger partial charge in [0.15, 0.2) is 5.65 Å². The zero-order valence-corrected chi connectivity index (χ0v) is 19.0. The number of morpholine rings is 1. The van der Waals surface area contributed by atoms with Crippen LogP contribution in [0.25, 0.3) is 11.2 Å². The van der Waals surface area contributed by atoms with Crippen LogP contribution in [0.4, 0.5) is 11.6 Å². The summed E-state index contributed by atoms with van der Waals surface area (Å²) in [4.78, 5) is 16.2. The molecule has 1 aliphatic carbocycles. The highest BCUT2D eigenvalue weighted by Gasteiger charge is 2.29. The zero-order valence-electron chi connectivity index (χ0n) is 19.0. The van der Waals surface area contributed by atoms with Gasteiger partial charge in [0.25, 0.3) is 0 Å². The standard InChI is InChI=1S/C24H30N8O/c1-16-14-26-21-7-6-20(30-32(16)21)19-8-9-25-23-22(19)24(28-15-27-23)29-17-2-4-18(5-3-17)31-10-12-33-13-11-31/h6-8,14-15,17-18H,2-5,9-13H2,1H3,(H2,25,27,28,29). The van der Waals surface area contributed by atoms with Gasteiger partial charge < -0.3 is 15.4 Å². The molecule has 1 saturated carbocycles. The topological polar surface area (TPSA) is 92.5 Å². The minimum atomic E-state index is 0.413. The van der Waals surface area contributed by atoms with E-state index in [9.17, 15) is 0 Å². The van der Waals surface area contributed by atoms with Crippen LogP contribution < -0.4 is 10.6 Å². The Kier molecular flexibility index (Phi) is 5.43. The van der Waals surface area contributed by atoms with Crippen molar-refractivity contribution < 1.29 is 4.74 Å². The van der Waals surface area contributed by atoms with Crippen molar-refractivity contribution in [3.8, 4) is 0 Å². The Bertz CT molecular complexity index is 1170. The molecule has 3 aromatic heterocycles. The van der Waals surface area contributed by atoms with Crippen molar-refractivity contribution in [1.82, 2.24) is 29.5 Å². The van der Waals surface area contributed by atoms with Gasteiger partial charge in [-0.05, 0) is 44.7 Å². The van der Waals surface area contributed by atoms with Gasteiger partial charge in [0, 0.05) is 37.3 Å². The molecule has 172 valence electrons. The first-order chi connectivity index (χ1) is 16.3. The Morgan fingerprint density at radius 1 is 1.06 bits per heavy atom. The number of anilines is 2. The second-order valence-corrected chi connectivity index (χ2v) is 9.13. The van der Waals surface area contributed by atoms with Crippen LogP contribution in [-0.4, -0.2) is 74.4 Å². The summed E-state index contributed by atoms with van der Waals surface area (Å²) in [7, 11) is 0. The molecule has 2 fully saturated rings. The Balaban J connectivity index is 1.24. The van der Waals surface area contributed by atoms with E-state index in [2.05, 4.69) is 36.6 Å². The predicted molar refractivity (Wildman–Crippen MR) is 127 cm³/mol. The molecule has 0 aromatic carbocycles. The number of aromatic nitrogens is 5. The van der Waals surface area contributed by atoms with E-state index in [-0.39, 0.29) is 0 Å². The fraction of sp³-hybridized carbons (Fsp3) is 0.500. The fourth-order valence-electron chi connectivity index (χ4n) is 5.32. The van der Waals surface area contributed by atoms with Crippen molar-refractivity contribution in [3.63, 3.8) is 0 Å². The Hall–Kier alpha value is -3.04. The smallest absolute Gasteiger partial charge is 0.153 e. The van der Waals surface area contributed by atoms with Gasteiger partial charge in [0.1, 0.15) is 18.0 Å². The molecule has 0 amide bonds. The molecule has 0 spiro atoms. The molecule has 0 unspecified atom stereocenters. The third-order valence-electron chi connectivity index (χ3n) is 7.10. The molecule has 6 rings (SSSR count). The van der Waals surface area contributed by atoms with Crippen LogP contribution in [-0.2, 0) is 4.74 Å². The van der Waals surface area contributed by atoms with E-state index in [1.54, 1.807) is 6.33 Å². The van der Waals surface area contributed by atoms with E-state index in [1.807, 2.05) is 29.8 Å². The van der Waals surface area contributed by atoms with Gasteiger partial charge >= 0.3 is 0 Å². The Labute approximate surface area is 193 Å². The Morgan fingerprint density at radius 2 is 1.91 bits per heavy atom. The number of ether oxygens (including phenoxy) is 1. The lowest BCUT2D eigenvalue weighted by Gasteiger charge is -2.39. The highest BCUT2D eigenvalue weighted by Crippen LogP contribution is 2.36. The lowest BCUT2D eigenvalue weighted by molar-refractivity contribution is 0.00790. The van der Waals surface area contributed by atoms with Gasteiger partial charge in [-0.3, -0.25) is 4.90 Å². The van der Waals surface area contributed by atoms with Crippen LogP contribution in [0.3, 0.4) is 0 Å². The van der Waals surface area contributed by atoms with Crippen molar-refractivity contribution in [1.29, 1.82) is 0 Å². The third kappa shape index (κ3) is 3.95. The molecule has 33 heavy (non-hydrogen) atoms. The zero-order chi connectivity index (χ0) is 22.2. The SMILES string of the molecule is Cc1cnc2ccc(C3=CCNc4ncnc(NC5CCC(N6CCOCC6)CC5)c43)nn12. The van der Waals surface area contributed by atoms with Gasteiger partial charge in [-0.2, -0.15) is 5.10 Å². The normalized spacial score (nSPS) is 23.6. The second kappa shape index (κ2) is 8.72. The molecule has 0 radical (unpaired) electrons. The van der Waals surface area contributed by atoms with Crippen LogP contribution in [0.5, 0.6) is 0 Å². The molecule has 3 aliphatic rings. The van der Waals surface area contributed by atoms with Gasteiger partial charge in [-0.25, -0.2) is 19.5 Å². The maximum Gasteiger partial charge on any atom is 0.153 e. The van der Waals surface area contributed by atoms with Crippen molar-refractivity contribution in [3.05, 3.63) is 47.7 Å². The Morgan fingerprint density at radius 3 is 2.76 bits per heavy atom. The highest BCUT2D eigenvalue weighted by molar-refractivity contribution is 5.91. The average Bonchev–Trinajstić information content (AvgIpc) is 3.25. The number of nitrogens with one attached hydrogen (secondary N) is 2. The molecule has 0 bridgehead atoms. The van der Waals surface area contributed by atoms with Crippen molar-refractivity contribution in [2.75, 3.05) is 43.5 Å².